The maximum absolute atomic E-state index is 10.8. The number of azo groups is 1. The quantitative estimate of drug-likeness (QED) is 0.419. The minimum atomic E-state index is -0.591. The van der Waals surface area contributed by atoms with Crippen molar-refractivity contribution in [1.82, 2.24) is 0 Å². The molecule has 1 heterocycles. The third kappa shape index (κ3) is 1.26. The highest BCUT2D eigenvalue weighted by Gasteiger charge is 2.31. The van der Waals surface area contributed by atoms with Gasteiger partial charge in [-0.3, -0.25) is 0 Å². The van der Waals surface area contributed by atoms with Gasteiger partial charge in [-0.15, -0.1) is 11.6 Å². The fraction of sp³-hybridized carbons (Fsp3) is 0.800. The fourth-order valence-corrected chi connectivity index (χ4v) is 0.916. The number of methoxy groups -OCH3 is 1. The minimum Gasteiger partial charge on any atom is -0.467 e. The number of ether oxygens (including phenoxy) is 1. The molecule has 5 heteroatoms. The van der Waals surface area contributed by atoms with Crippen molar-refractivity contribution >= 4 is 17.6 Å². The average Bonchev–Trinajstić information content (AvgIpc) is 2.34. The summed E-state index contributed by atoms with van der Waals surface area (Å²) in [6.07, 6.45) is 0. The number of esters is 1. The summed E-state index contributed by atoms with van der Waals surface area (Å²) >= 11 is 5.66. The monoisotopic (exact) mass is 162 g/mol. The summed E-state index contributed by atoms with van der Waals surface area (Å²) in [6, 6.07) is -0.591. The SMILES string of the molecule is COC(=O)[C@@H]1N=NC[C@@H]1Cl. The van der Waals surface area contributed by atoms with Gasteiger partial charge in [0.2, 0.25) is 0 Å². The van der Waals surface area contributed by atoms with Crippen molar-refractivity contribution in [3.63, 3.8) is 0 Å². The van der Waals surface area contributed by atoms with Gasteiger partial charge >= 0.3 is 5.97 Å². The summed E-state index contributed by atoms with van der Waals surface area (Å²) in [4.78, 5) is 10.8. The van der Waals surface area contributed by atoms with Crippen molar-refractivity contribution < 1.29 is 9.53 Å². The van der Waals surface area contributed by atoms with Crippen LogP contribution >= 0.6 is 11.6 Å². The molecule has 0 unspecified atom stereocenters. The van der Waals surface area contributed by atoms with Gasteiger partial charge in [-0.1, -0.05) is 0 Å². The van der Waals surface area contributed by atoms with Crippen molar-refractivity contribution in [2.24, 2.45) is 10.2 Å². The van der Waals surface area contributed by atoms with Crippen molar-refractivity contribution in [2.45, 2.75) is 11.4 Å². The second kappa shape index (κ2) is 2.96. The molecule has 0 saturated heterocycles. The van der Waals surface area contributed by atoms with E-state index in [1.165, 1.54) is 7.11 Å². The molecule has 0 aromatic carbocycles. The van der Waals surface area contributed by atoms with Gasteiger partial charge in [0.05, 0.1) is 19.0 Å². The molecule has 0 aromatic heterocycles. The van der Waals surface area contributed by atoms with Gasteiger partial charge in [-0.2, -0.15) is 10.2 Å². The van der Waals surface area contributed by atoms with Gasteiger partial charge in [0, 0.05) is 0 Å². The van der Waals surface area contributed by atoms with Crippen LogP contribution in [0.5, 0.6) is 0 Å². The van der Waals surface area contributed by atoms with Crippen molar-refractivity contribution in [2.75, 3.05) is 13.7 Å². The fourth-order valence-electron chi connectivity index (χ4n) is 0.701. The van der Waals surface area contributed by atoms with E-state index in [0.717, 1.165) is 0 Å². The first-order valence-corrected chi connectivity index (χ1v) is 3.28. The van der Waals surface area contributed by atoms with E-state index in [0.29, 0.717) is 6.54 Å². The minimum absolute atomic E-state index is 0.326. The Labute approximate surface area is 63.2 Å². The Bertz CT molecular complexity index is 171. The van der Waals surface area contributed by atoms with E-state index in [2.05, 4.69) is 15.0 Å². The normalized spacial score (nSPS) is 30.6. The summed E-state index contributed by atoms with van der Waals surface area (Å²) in [7, 11) is 1.31. The summed E-state index contributed by atoms with van der Waals surface area (Å²) < 4.78 is 4.43. The number of carbonyl (C=O) groups is 1. The highest BCUT2D eigenvalue weighted by atomic mass is 35.5. The molecule has 4 nitrogen and oxygen atoms in total. The van der Waals surface area contributed by atoms with Crippen LogP contribution in [-0.4, -0.2) is 31.0 Å². The van der Waals surface area contributed by atoms with E-state index in [4.69, 9.17) is 11.6 Å². The summed E-state index contributed by atoms with van der Waals surface area (Å²) in [6.45, 7) is 0.404. The molecular weight excluding hydrogens is 156 g/mol. The molecule has 0 saturated carbocycles. The predicted octanol–water partition coefficient (Wildman–Crippen LogP) is 0.601. The maximum Gasteiger partial charge on any atom is 0.334 e. The lowest BCUT2D eigenvalue weighted by molar-refractivity contribution is -0.141. The van der Waals surface area contributed by atoms with E-state index in [9.17, 15) is 4.79 Å². The Kier molecular flexibility index (Phi) is 2.21. The molecule has 10 heavy (non-hydrogen) atoms. The molecule has 0 spiro atoms. The van der Waals surface area contributed by atoms with Gasteiger partial charge < -0.3 is 4.74 Å². The second-order valence-electron chi connectivity index (χ2n) is 1.92. The maximum atomic E-state index is 10.8. The first-order chi connectivity index (χ1) is 4.75. The molecule has 0 amide bonds. The summed E-state index contributed by atoms with van der Waals surface area (Å²) in [5.74, 6) is -0.416. The molecule has 0 N–H and O–H groups in total. The lowest BCUT2D eigenvalue weighted by atomic mass is 10.2. The third-order valence-corrected chi connectivity index (χ3v) is 1.62. The van der Waals surface area contributed by atoms with Crippen LogP contribution in [0.25, 0.3) is 0 Å². The van der Waals surface area contributed by atoms with Crippen LogP contribution in [0.3, 0.4) is 0 Å². The molecule has 2 atom stereocenters. The number of hydrogen-bond acceptors (Lipinski definition) is 4. The van der Waals surface area contributed by atoms with Crippen LogP contribution in [0.4, 0.5) is 0 Å². The zero-order valence-electron chi connectivity index (χ0n) is 5.45. The number of nitrogens with zero attached hydrogens (tertiary/aromatic N) is 2. The van der Waals surface area contributed by atoms with Crippen molar-refractivity contribution in [1.29, 1.82) is 0 Å². The van der Waals surface area contributed by atoms with Gasteiger partial charge in [0.1, 0.15) is 0 Å². The van der Waals surface area contributed by atoms with E-state index in [1.807, 2.05) is 0 Å². The number of rotatable bonds is 1. The van der Waals surface area contributed by atoms with Crippen molar-refractivity contribution in [3.8, 4) is 0 Å². The molecule has 0 aliphatic carbocycles. The third-order valence-electron chi connectivity index (χ3n) is 1.25. The number of carbonyl (C=O) groups excluding carboxylic acids is 1. The Balaban J connectivity index is 2.55. The number of halogens is 1. The second-order valence-corrected chi connectivity index (χ2v) is 2.48. The van der Waals surface area contributed by atoms with Crippen LogP contribution in [-0.2, 0) is 9.53 Å². The highest BCUT2D eigenvalue weighted by Crippen LogP contribution is 2.15. The first kappa shape index (κ1) is 7.47. The van der Waals surface area contributed by atoms with Gasteiger partial charge in [-0.05, 0) is 0 Å². The molecule has 0 radical (unpaired) electrons. The van der Waals surface area contributed by atoms with Crippen LogP contribution in [0.1, 0.15) is 0 Å². The molecule has 1 aliphatic heterocycles. The zero-order valence-corrected chi connectivity index (χ0v) is 6.21. The van der Waals surface area contributed by atoms with E-state index < -0.39 is 12.0 Å². The molecule has 0 fully saturated rings. The number of alkyl halides is 1. The van der Waals surface area contributed by atoms with E-state index in [1.54, 1.807) is 0 Å². The van der Waals surface area contributed by atoms with Crippen LogP contribution in [0, 0.1) is 0 Å². The number of hydrogen-bond donors (Lipinski definition) is 0. The Morgan fingerprint density at radius 1 is 1.80 bits per heavy atom. The lowest BCUT2D eigenvalue weighted by Gasteiger charge is -2.05. The highest BCUT2D eigenvalue weighted by molar-refractivity contribution is 6.23. The topological polar surface area (TPSA) is 51.0 Å². The molecular formula is C5H7ClN2O2. The van der Waals surface area contributed by atoms with E-state index in [-0.39, 0.29) is 5.38 Å². The van der Waals surface area contributed by atoms with Crippen molar-refractivity contribution in [3.05, 3.63) is 0 Å². The van der Waals surface area contributed by atoms with Crippen LogP contribution in [0.15, 0.2) is 10.2 Å². The molecule has 0 bridgehead atoms. The summed E-state index contributed by atoms with van der Waals surface area (Å²) in [5.41, 5.74) is 0. The lowest BCUT2D eigenvalue weighted by Crippen LogP contribution is -2.27. The Morgan fingerprint density at radius 3 is 2.90 bits per heavy atom. The molecule has 56 valence electrons. The van der Waals surface area contributed by atoms with E-state index >= 15 is 0 Å². The molecule has 1 rings (SSSR count). The Morgan fingerprint density at radius 2 is 2.50 bits per heavy atom. The molecule has 0 aromatic rings. The van der Waals surface area contributed by atoms with Gasteiger partial charge in [0.15, 0.2) is 6.04 Å². The molecule has 1 aliphatic rings. The smallest absolute Gasteiger partial charge is 0.334 e. The predicted molar refractivity (Wildman–Crippen MR) is 35.2 cm³/mol. The van der Waals surface area contributed by atoms with Gasteiger partial charge in [-0.25, -0.2) is 4.79 Å². The Hall–Kier alpha value is -0.640. The summed E-state index contributed by atoms with van der Waals surface area (Å²) in [5, 5.41) is 6.89. The largest absolute Gasteiger partial charge is 0.467 e. The van der Waals surface area contributed by atoms with Crippen LogP contribution in [0.2, 0.25) is 0 Å². The first-order valence-electron chi connectivity index (χ1n) is 2.84. The van der Waals surface area contributed by atoms with Crippen LogP contribution < -0.4 is 0 Å². The van der Waals surface area contributed by atoms with Gasteiger partial charge in [0.25, 0.3) is 0 Å². The average molecular weight is 163 g/mol. The standard InChI is InChI=1S/C5H7ClN2O2/c1-10-5(9)4-3(6)2-7-8-4/h3-4H,2H2,1H3/t3-,4+/m0/s1. The zero-order chi connectivity index (χ0) is 7.56.